The molecular formula is C21H25FN4O3. The van der Waals surface area contributed by atoms with Crippen LogP contribution in [0.15, 0.2) is 17.1 Å². The van der Waals surface area contributed by atoms with Crippen molar-refractivity contribution in [2.24, 2.45) is 5.41 Å². The van der Waals surface area contributed by atoms with Crippen LogP contribution in [0.1, 0.15) is 42.1 Å². The summed E-state index contributed by atoms with van der Waals surface area (Å²) in [4.78, 5) is 28.6. The van der Waals surface area contributed by atoms with Crippen LogP contribution >= 0.6 is 0 Å². The van der Waals surface area contributed by atoms with Crippen molar-refractivity contribution in [2.75, 3.05) is 37.8 Å². The fourth-order valence-electron chi connectivity index (χ4n) is 5.03. The lowest BCUT2D eigenvalue weighted by Gasteiger charge is -2.25. The molecule has 2 aliphatic carbocycles. The molecule has 5 rings (SSSR count). The Bertz CT molecular complexity index is 1100. The molecule has 2 saturated carbocycles. The Morgan fingerprint density at radius 1 is 1.34 bits per heavy atom. The number of likely N-dealkylation sites (N-methyl/N-ethyl adjacent to an activating group) is 1. The topological polar surface area (TPSA) is 91.8 Å². The van der Waals surface area contributed by atoms with E-state index < -0.39 is 17.2 Å². The summed E-state index contributed by atoms with van der Waals surface area (Å²) in [6.07, 6.45) is 5.46. The van der Waals surface area contributed by atoms with E-state index in [1.165, 1.54) is 6.20 Å². The van der Waals surface area contributed by atoms with E-state index in [0.717, 1.165) is 32.2 Å². The van der Waals surface area contributed by atoms with Crippen molar-refractivity contribution in [1.82, 2.24) is 9.47 Å². The number of carboxylic acids is 1. The minimum Gasteiger partial charge on any atom is -0.477 e. The van der Waals surface area contributed by atoms with E-state index >= 15 is 4.39 Å². The van der Waals surface area contributed by atoms with Gasteiger partial charge in [-0.25, -0.2) is 9.18 Å². The summed E-state index contributed by atoms with van der Waals surface area (Å²) in [5.41, 5.74) is 5.89. The van der Waals surface area contributed by atoms with Crippen LogP contribution in [-0.4, -0.2) is 53.8 Å². The zero-order valence-corrected chi connectivity index (χ0v) is 16.6. The van der Waals surface area contributed by atoms with Gasteiger partial charge in [-0.1, -0.05) is 0 Å². The molecule has 2 aromatic rings. The standard InChI is InChI=1S/C21H25FN4O3/c1-24(2)15-9-25(10-21(15)5-6-21)14-7-13-16(18(23)17(14)22)19(27)12(20(28)29)8-26(13)11-3-4-11/h7-8,11,15H,3-6,9-10,23H2,1-2H3,(H,28,29)/t15-/m0/s1. The maximum absolute atomic E-state index is 15.4. The molecule has 8 heteroatoms. The Morgan fingerprint density at radius 3 is 2.55 bits per heavy atom. The number of halogens is 1. The van der Waals surface area contributed by atoms with Crippen molar-refractivity contribution in [1.29, 1.82) is 0 Å². The summed E-state index contributed by atoms with van der Waals surface area (Å²) >= 11 is 0. The molecule has 1 aromatic heterocycles. The molecule has 0 amide bonds. The maximum Gasteiger partial charge on any atom is 0.341 e. The van der Waals surface area contributed by atoms with Gasteiger partial charge in [-0.2, -0.15) is 0 Å². The van der Waals surface area contributed by atoms with Gasteiger partial charge in [0.2, 0.25) is 5.43 Å². The summed E-state index contributed by atoms with van der Waals surface area (Å²) < 4.78 is 17.2. The normalized spacial score (nSPS) is 22.8. The van der Waals surface area contributed by atoms with E-state index in [9.17, 15) is 14.7 Å². The second kappa shape index (κ2) is 5.95. The highest BCUT2D eigenvalue weighted by molar-refractivity contribution is 5.99. The van der Waals surface area contributed by atoms with Gasteiger partial charge in [0, 0.05) is 36.8 Å². The molecule has 0 unspecified atom stereocenters. The third-order valence-electron chi connectivity index (χ3n) is 6.91. The number of carbonyl (C=O) groups is 1. The average Bonchev–Trinajstić information content (AvgIpc) is 3.56. The van der Waals surface area contributed by atoms with E-state index in [2.05, 4.69) is 19.0 Å². The van der Waals surface area contributed by atoms with Crippen LogP contribution in [0.25, 0.3) is 10.9 Å². The number of nitrogens with two attached hydrogens (primary N) is 1. The summed E-state index contributed by atoms with van der Waals surface area (Å²) in [6.45, 7) is 1.47. The highest BCUT2D eigenvalue weighted by atomic mass is 19.1. The lowest BCUT2D eigenvalue weighted by molar-refractivity contribution is 0.0695. The Hall–Kier alpha value is -2.61. The molecule has 0 radical (unpaired) electrons. The molecule has 29 heavy (non-hydrogen) atoms. The largest absolute Gasteiger partial charge is 0.477 e. The number of nitrogens with zero attached hydrogens (tertiary/aromatic N) is 3. The van der Waals surface area contributed by atoms with Gasteiger partial charge in [0.05, 0.1) is 22.3 Å². The first-order valence-electron chi connectivity index (χ1n) is 10.0. The minimum absolute atomic E-state index is 0.0254. The number of aromatic nitrogens is 1. The zero-order valence-electron chi connectivity index (χ0n) is 16.6. The van der Waals surface area contributed by atoms with Crippen molar-refractivity contribution in [2.45, 2.75) is 37.8 Å². The lowest BCUT2D eigenvalue weighted by atomic mass is 10.0. The fraction of sp³-hybridized carbons (Fsp3) is 0.524. The molecule has 3 aliphatic rings. The summed E-state index contributed by atoms with van der Waals surface area (Å²) in [6, 6.07) is 2.16. The van der Waals surface area contributed by atoms with Crippen molar-refractivity contribution in [3.63, 3.8) is 0 Å². The van der Waals surface area contributed by atoms with Gasteiger partial charge < -0.3 is 25.2 Å². The number of aromatic carboxylic acids is 1. The average molecular weight is 400 g/mol. The summed E-state index contributed by atoms with van der Waals surface area (Å²) in [5.74, 6) is -1.95. The van der Waals surface area contributed by atoms with Crippen LogP contribution in [0, 0.1) is 11.2 Å². The van der Waals surface area contributed by atoms with Gasteiger partial charge in [-0.3, -0.25) is 4.79 Å². The first kappa shape index (κ1) is 18.4. The number of hydrogen-bond acceptors (Lipinski definition) is 5. The van der Waals surface area contributed by atoms with Crippen LogP contribution < -0.4 is 16.1 Å². The van der Waals surface area contributed by atoms with Crippen molar-refractivity contribution < 1.29 is 14.3 Å². The predicted molar refractivity (Wildman–Crippen MR) is 109 cm³/mol. The molecule has 1 atom stereocenters. The second-order valence-corrected chi connectivity index (χ2v) is 9.06. The van der Waals surface area contributed by atoms with E-state index in [0.29, 0.717) is 23.8 Å². The van der Waals surface area contributed by atoms with Gasteiger partial charge in [0.15, 0.2) is 5.82 Å². The fourth-order valence-corrected chi connectivity index (χ4v) is 5.03. The predicted octanol–water partition coefficient (Wildman–Crippen LogP) is 2.29. The van der Waals surface area contributed by atoms with E-state index in [1.54, 1.807) is 10.6 Å². The Kier molecular flexibility index (Phi) is 3.78. The number of pyridine rings is 1. The van der Waals surface area contributed by atoms with E-state index in [4.69, 9.17) is 5.73 Å². The van der Waals surface area contributed by atoms with E-state index in [1.807, 2.05) is 4.90 Å². The summed E-state index contributed by atoms with van der Waals surface area (Å²) in [7, 11) is 4.11. The highest BCUT2D eigenvalue weighted by Gasteiger charge is 2.56. The minimum atomic E-state index is -1.32. The summed E-state index contributed by atoms with van der Waals surface area (Å²) in [5, 5.41) is 9.40. The molecule has 2 heterocycles. The van der Waals surface area contributed by atoms with E-state index in [-0.39, 0.29) is 28.1 Å². The third kappa shape index (κ3) is 2.65. The number of rotatable bonds is 4. The smallest absolute Gasteiger partial charge is 0.341 e. The number of carboxylic acid groups (broad SMARTS) is 1. The molecule has 1 saturated heterocycles. The first-order chi connectivity index (χ1) is 13.7. The van der Waals surface area contributed by atoms with Gasteiger partial charge in [0.1, 0.15) is 5.56 Å². The number of hydrogen-bond donors (Lipinski definition) is 2. The van der Waals surface area contributed by atoms with Crippen molar-refractivity contribution in [3.8, 4) is 0 Å². The van der Waals surface area contributed by atoms with Crippen LogP contribution in [0.3, 0.4) is 0 Å². The molecule has 3 N–H and O–H groups in total. The first-order valence-corrected chi connectivity index (χ1v) is 10.0. The lowest BCUT2D eigenvalue weighted by Crippen LogP contribution is -2.36. The maximum atomic E-state index is 15.4. The third-order valence-corrected chi connectivity index (χ3v) is 6.91. The molecule has 1 spiro atoms. The molecule has 154 valence electrons. The number of fused-ring (bicyclic) bond motifs is 1. The second-order valence-electron chi connectivity index (χ2n) is 9.06. The van der Waals surface area contributed by atoms with Gasteiger partial charge in [-0.15, -0.1) is 0 Å². The van der Waals surface area contributed by atoms with Crippen LogP contribution in [-0.2, 0) is 0 Å². The quantitative estimate of drug-likeness (QED) is 0.765. The van der Waals surface area contributed by atoms with Crippen LogP contribution in [0.2, 0.25) is 0 Å². The van der Waals surface area contributed by atoms with Crippen LogP contribution in [0.5, 0.6) is 0 Å². The van der Waals surface area contributed by atoms with Crippen LogP contribution in [0.4, 0.5) is 15.8 Å². The van der Waals surface area contributed by atoms with Gasteiger partial charge >= 0.3 is 5.97 Å². The number of nitrogen functional groups attached to an aromatic ring is 1. The Labute approximate surface area is 167 Å². The zero-order chi connectivity index (χ0) is 20.7. The molecule has 7 nitrogen and oxygen atoms in total. The molecule has 1 aliphatic heterocycles. The van der Waals surface area contributed by atoms with Gasteiger partial charge in [-0.05, 0) is 45.8 Å². The monoisotopic (exact) mass is 400 g/mol. The molecule has 3 fully saturated rings. The Morgan fingerprint density at radius 2 is 2.03 bits per heavy atom. The molecule has 0 bridgehead atoms. The molecular weight excluding hydrogens is 375 g/mol. The Balaban J connectivity index is 1.70. The highest BCUT2D eigenvalue weighted by Crippen LogP contribution is 2.55. The number of benzene rings is 1. The van der Waals surface area contributed by atoms with Gasteiger partial charge in [0.25, 0.3) is 0 Å². The molecule has 1 aromatic carbocycles. The van der Waals surface area contributed by atoms with Crippen molar-refractivity contribution >= 4 is 28.2 Å². The number of anilines is 2. The van der Waals surface area contributed by atoms with Crippen molar-refractivity contribution in [3.05, 3.63) is 33.9 Å². The SMILES string of the molecule is CN(C)[C@H]1CN(c2cc3c(c(N)c2F)c(=O)c(C(=O)O)cn3C2CC2)CC12CC2.